The summed E-state index contributed by atoms with van der Waals surface area (Å²) in [6, 6.07) is 8.13. The molecule has 0 radical (unpaired) electrons. The number of nitrogens with zero attached hydrogens (tertiary/aromatic N) is 2. The first-order valence-corrected chi connectivity index (χ1v) is 8.38. The van der Waals surface area contributed by atoms with E-state index in [1.807, 2.05) is 22.9 Å². The minimum absolute atomic E-state index is 0.0690. The Morgan fingerprint density at radius 3 is 3.04 bits per heavy atom. The van der Waals surface area contributed by atoms with Gasteiger partial charge in [0, 0.05) is 17.8 Å². The maximum absolute atomic E-state index is 12.6. The van der Waals surface area contributed by atoms with Crippen LogP contribution in [-0.4, -0.2) is 41.7 Å². The molecular formula is C18H21N3O3. The van der Waals surface area contributed by atoms with Crippen LogP contribution in [0.5, 0.6) is 0 Å². The van der Waals surface area contributed by atoms with Crippen LogP contribution in [0, 0.1) is 6.92 Å². The first-order valence-electron chi connectivity index (χ1n) is 8.38. The Labute approximate surface area is 140 Å². The second-order valence-electron chi connectivity index (χ2n) is 6.31. The summed E-state index contributed by atoms with van der Waals surface area (Å²) in [5, 5.41) is 7.57. The van der Waals surface area contributed by atoms with Crippen molar-refractivity contribution in [1.82, 2.24) is 15.1 Å². The molecule has 1 amide bonds. The third-order valence-corrected chi connectivity index (χ3v) is 4.67. The topological polar surface area (TPSA) is 65.4 Å². The van der Waals surface area contributed by atoms with E-state index in [4.69, 9.17) is 9.47 Å². The number of carbonyl (C=O) groups excluding carboxylic acids is 1. The van der Waals surface area contributed by atoms with Crippen molar-refractivity contribution in [2.24, 2.45) is 0 Å². The molecular weight excluding hydrogens is 306 g/mol. The molecule has 1 N–H and O–H groups in total. The van der Waals surface area contributed by atoms with Crippen molar-refractivity contribution in [3.63, 3.8) is 0 Å². The van der Waals surface area contributed by atoms with E-state index in [9.17, 15) is 4.79 Å². The van der Waals surface area contributed by atoms with Crippen molar-refractivity contribution >= 4 is 5.91 Å². The van der Waals surface area contributed by atoms with E-state index in [1.165, 1.54) is 0 Å². The highest BCUT2D eigenvalue weighted by Crippen LogP contribution is 2.28. The largest absolute Gasteiger partial charge is 0.353 e. The first-order chi connectivity index (χ1) is 11.7. The molecule has 2 aromatic rings. The van der Waals surface area contributed by atoms with Crippen LogP contribution in [0.4, 0.5) is 0 Å². The average molecular weight is 327 g/mol. The predicted molar refractivity (Wildman–Crippen MR) is 88.4 cm³/mol. The first kappa shape index (κ1) is 15.4. The van der Waals surface area contributed by atoms with Gasteiger partial charge in [0.15, 0.2) is 5.69 Å². The van der Waals surface area contributed by atoms with Gasteiger partial charge in [0.2, 0.25) is 0 Å². The van der Waals surface area contributed by atoms with Crippen LogP contribution in [0.3, 0.4) is 0 Å². The fourth-order valence-corrected chi connectivity index (χ4v) is 3.40. The van der Waals surface area contributed by atoms with E-state index in [1.54, 1.807) is 0 Å². The number of aryl methyl sites for hydroxylation is 1. The molecule has 4 rings (SSSR count). The molecule has 1 aromatic carbocycles. The highest BCUT2D eigenvalue weighted by atomic mass is 16.7. The molecule has 0 spiro atoms. The van der Waals surface area contributed by atoms with Gasteiger partial charge in [0.05, 0.1) is 12.3 Å². The van der Waals surface area contributed by atoms with Crippen molar-refractivity contribution in [3.05, 3.63) is 46.8 Å². The lowest BCUT2D eigenvalue weighted by Crippen LogP contribution is -2.33. The number of hydrogen-bond donors (Lipinski definition) is 1. The zero-order chi connectivity index (χ0) is 16.5. The number of benzene rings is 1. The number of carbonyl (C=O) groups is 1. The molecule has 2 aliphatic rings. The van der Waals surface area contributed by atoms with E-state index in [2.05, 4.69) is 23.4 Å². The molecule has 6 nitrogen and oxygen atoms in total. The summed E-state index contributed by atoms with van der Waals surface area (Å²) in [4.78, 5) is 12.6. The third-order valence-electron chi connectivity index (χ3n) is 4.67. The lowest BCUT2D eigenvalue weighted by atomic mass is 10.1. The second-order valence-corrected chi connectivity index (χ2v) is 6.31. The number of nitrogens with one attached hydrogen (secondary N) is 1. The minimum atomic E-state index is -0.129. The smallest absolute Gasteiger partial charge is 0.272 e. The standard InChI is InChI=1S/C18H21N3O3/c1-12-5-2-3-7-15(12)21-16-8-4-6-14(16)17(20-21)18(22)19-9-13-10-23-11-24-13/h2-3,5,7,13H,4,6,8-11H2,1H3,(H,19,22)/t13-/m0/s1. The number of para-hydroxylation sites is 1. The highest BCUT2D eigenvalue weighted by molar-refractivity contribution is 5.94. The zero-order valence-electron chi connectivity index (χ0n) is 13.7. The molecule has 1 atom stereocenters. The normalized spacial score (nSPS) is 19.5. The van der Waals surface area contributed by atoms with Gasteiger partial charge in [-0.3, -0.25) is 4.79 Å². The van der Waals surface area contributed by atoms with Gasteiger partial charge in [0.25, 0.3) is 5.91 Å². The Morgan fingerprint density at radius 1 is 1.38 bits per heavy atom. The molecule has 1 aliphatic carbocycles. The molecule has 0 unspecified atom stereocenters. The van der Waals surface area contributed by atoms with Gasteiger partial charge in [0.1, 0.15) is 12.9 Å². The van der Waals surface area contributed by atoms with Crippen LogP contribution >= 0.6 is 0 Å². The summed E-state index contributed by atoms with van der Waals surface area (Å²) in [7, 11) is 0. The van der Waals surface area contributed by atoms with Crippen LogP contribution in [0.15, 0.2) is 24.3 Å². The fraction of sp³-hybridized carbons (Fsp3) is 0.444. The quantitative estimate of drug-likeness (QED) is 0.929. The van der Waals surface area contributed by atoms with Gasteiger partial charge in [-0.15, -0.1) is 0 Å². The lowest BCUT2D eigenvalue weighted by molar-refractivity contribution is 0.0461. The van der Waals surface area contributed by atoms with E-state index < -0.39 is 0 Å². The summed E-state index contributed by atoms with van der Waals surface area (Å²) < 4.78 is 12.5. The molecule has 24 heavy (non-hydrogen) atoms. The van der Waals surface area contributed by atoms with Crippen molar-refractivity contribution < 1.29 is 14.3 Å². The number of rotatable bonds is 4. The van der Waals surface area contributed by atoms with Crippen LogP contribution in [0.2, 0.25) is 0 Å². The molecule has 0 bridgehead atoms. The van der Waals surface area contributed by atoms with Crippen LogP contribution < -0.4 is 5.32 Å². The van der Waals surface area contributed by atoms with Gasteiger partial charge in [-0.25, -0.2) is 4.68 Å². The summed E-state index contributed by atoms with van der Waals surface area (Å²) in [5.74, 6) is -0.129. The number of hydrogen-bond acceptors (Lipinski definition) is 4. The van der Waals surface area contributed by atoms with E-state index in [-0.39, 0.29) is 12.0 Å². The van der Waals surface area contributed by atoms with Crippen LogP contribution in [-0.2, 0) is 22.3 Å². The summed E-state index contributed by atoms with van der Waals surface area (Å²) in [6.07, 6.45) is 2.87. The fourth-order valence-electron chi connectivity index (χ4n) is 3.40. The molecule has 1 saturated heterocycles. The number of ether oxygens (including phenoxy) is 2. The highest BCUT2D eigenvalue weighted by Gasteiger charge is 2.28. The lowest BCUT2D eigenvalue weighted by Gasteiger charge is -2.09. The SMILES string of the molecule is Cc1ccccc1-n1nc(C(=O)NC[C@H]2COCO2)c2c1CCC2. The van der Waals surface area contributed by atoms with Gasteiger partial charge < -0.3 is 14.8 Å². The number of aromatic nitrogens is 2. The molecule has 1 aromatic heterocycles. The van der Waals surface area contributed by atoms with Crippen LogP contribution in [0.1, 0.15) is 33.7 Å². The zero-order valence-corrected chi connectivity index (χ0v) is 13.7. The summed E-state index contributed by atoms with van der Waals surface area (Å²) >= 11 is 0. The Balaban J connectivity index is 1.61. The Morgan fingerprint density at radius 2 is 2.25 bits per heavy atom. The number of fused-ring (bicyclic) bond motifs is 1. The molecule has 126 valence electrons. The maximum atomic E-state index is 12.6. The Bertz CT molecular complexity index is 763. The van der Waals surface area contributed by atoms with Gasteiger partial charge in [-0.1, -0.05) is 18.2 Å². The van der Waals surface area contributed by atoms with Crippen molar-refractivity contribution in [3.8, 4) is 5.69 Å². The van der Waals surface area contributed by atoms with Crippen molar-refractivity contribution in [2.75, 3.05) is 19.9 Å². The molecule has 6 heteroatoms. The van der Waals surface area contributed by atoms with Gasteiger partial charge >= 0.3 is 0 Å². The Kier molecular flexibility index (Phi) is 4.08. The third kappa shape index (κ3) is 2.72. The minimum Gasteiger partial charge on any atom is -0.353 e. The molecule has 1 aliphatic heterocycles. The van der Waals surface area contributed by atoms with E-state index >= 15 is 0 Å². The molecule has 0 saturated carbocycles. The van der Waals surface area contributed by atoms with Crippen molar-refractivity contribution in [2.45, 2.75) is 32.3 Å². The van der Waals surface area contributed by atoms with Crippen LogP contribution in [0.25, 0.3) is 5.69 Å². The monoisotopic (exact) mass is 327 g/mol. The second kappa shape index (κ2) is 6.37. The summed E-state index contributed by atoms with van der Waals surface area (Å²) in [6.45, 7) is 3.34. The van der Waals surface area contributed by atoms with E-state index in [0.29, 0.717) is 25.6 Å². The molecule has 2 heterocycles. The number of amides is 1. The maximum Gasteiger partial charge on any atom is 0.272 e. The molecule has 1 fully saturated rings. The van der Waals surface area contributed by atoms with E-state index in [0.717, 1.165) is 41.8 Å². The average Bonchev–Trinajstić information content (AvgIpc) is 3.31. The predicted octanol–water partition coefficient (Wildman–Crippen LogP) is 1.77. The van der Waals surface area contributed by atoms with Gasteiger partial charge in [-0.05, 0) is 37.8 Å². The Hall–Kier alpha value is -2.18. The summed E-state index contributed by atoms with van der Waals surface area (Å²) in [5.41, 5.74) is 4.99. The van der Waals surface area contributed by atoms with Crippen molar-refractivity contribution in [1.29, 1.82) is 0 Å². The van der Waals surface area contributed by atoms with Gasteiger partial charge in [-0.2, -0.15) is 5.10 Å².